The molecule has 5 nitrogen and oxygen atoms in total. The van der Waals surface area contributed by atoms with Crippen molar-refractivity contribution in [1.82, 2.24) is 0 Å². The predicted molar refractivity (Wildman–Crippen MR) is 132 cm³/mol. The quantitative estimate of drug-likeness (QED) is 0.305. The number of rotatable bonds is 4. The minimum Gasteiger partial charge on any atom is -0.369 e. The molecule has 35 heavy (non-hydrogen) atoms. The lowest BCUT2D eigenvalue weighted by Crippen LogP contribution is -2.31. The first-order valence-corrected chi connectivity index (χ1v) is 12.8. The Morgan fingerprint density at radius 2 is 1.71 bits per heavy atom. The number of nitrogens with zero attached hydrogens (tertiary/aromatic N) is 1. The van der Waals surface area contributed by atoms with Crippen LogP contribution in [0, 0.1) is 6.92 Å². The van der Waals surface area contributed by atoms with Gasteiger partial charge in [0.15, 0.2) is 0 Å². The largest absolute Gasteiger partial charge is 0.534 e. The van der Waals surface area contributed by atoms with E-state index in [0.29, 0.717) is 16.9 Å². The summed E-state index contributed by atoms with van der Waals surface area (Å²) in [5.41, 5.74) is -1.28. The van der Waals surface area contributed by atoms with E-state index in [1.54, 1.807) is 54.2 Å². The SMILES string of the molecule is Cc1cccc2c1NC(C=C1C=C(OS(=O)(=O)C(F)(F)F)N(c3ccccc3)c3ccccc31)S2. The van der Waals surface area contributed by atoms with E-state index in [1.165, 1.54) is 11.0 Å². The summed E-state index contributed by atoms with van der Waals surface area (Å²) in [6.07, 6.45) is 3.19. The van der Waals surface area contributed by atoms with E-state index >= 15 is 0 Å². The second kappa shape index (κ2) is 8.69. The molecule has 2 aliphatic heterocycles. The molecule has 2 aliphatic rings. The molecule has 3 aromatic rings. The highest BCUT2D eigenvalue weighted by molar-refractivity contribution is 8.00. The molecule has 0 amide bonds. The van der Waals surface area contributed by atoms with Crippen molar-refractivity contribution in [2.75, 3.05) is 10.2 Å². The highest BCUT2D eigenvalue weighted by atomic mass is 32.2. The standard InChI is InChI=1S/C25H19F3N2O3S2/c1-16-8-7-13-21-24(16)29-22(34-21)14-17-15-23(33-35(31,32)25(26,27)28)30(18-9-3-2-4-10-18)20-12-6-5-11-19(17)20/h2-15,22,29H,1H3. The van der Waals surface area contributed by atoms with Crippen LogP contribution in [0.2, 0.25) is 0 Å². The summed E-state index contributed by atoms with van der Waals surface area (Å²) in [5.74, 6) is -0.463. The normalized spacial score (nSPS) is 18.5. The van der Waals surface area contributed by atoms with Crippen molar-refractivity contribution in [3.8, 4) is 0 Å². The molecule has 1 N–H and O–H groups in total. The van der Waals surface area contributed by atoms with Gasteiger partial charge in [-0.2, -0.15) is 21.6 Å². The molecule has 5 rings (SSSR count). The third kappa shape index (κ3) is 4.39. The second-order valence-corrected chi connectivity index (χ2v) is 10.6. The highest BCUT2D eigenvalue weighted by Gasteiger charge is 2.50. The van der Waals surface area contributed by atoms with Crippen LogP contribution in [0.3, 0.4) is 0 Å². The first-order chi connectivity index (χ1) is 16.6. The van der Waals surface area contributed by atoms with Gasteiger partial charge in [0, 0.05) is 22.2 Å². The van der Waals surface area contributed by atoms with Gasteiger partial charge < -0.3 is 9.50 Å². The fourth-order valence-electron chi connectivity index (χ4n) is 3.98. The first-order valence-electron chi connectivity index (χ1n) is 10.6. The van der Waals surface area contributed by atoms with Crippen molar-refractivity contribution >= 4 is 44.5 Å². The van der Waals surface area contributed by atoms with Crippen molar-refractivity contribution in [3.05, 3.63) is 102 Å². The highest BCUT2D eigenvalue weighted by Crippen LogP contribution is 2.45. The van der Waals surface area contributed by atoms with Gasteiger partial charge in [-0.1, -0.05) is 60.3 Å². The van der Waals surface area contributed by atoms with Gasteiger partial charge in [0.2, 0.25) is 5.88 Å². The summed E-state index contributed by atoms with van der Waals surface area (Å²) in [5, 5.41) is 3.20. The van der Waals surface area contributed by atoms with Crippen molar-refractivity contribution in [2.45, 2.75) is 22.7 Å². The zero-order valence-corrected chi connectivity index (χ0v) is 19.9. The van der Waals surface area contributed by atoms with Gasteiger partial charge in [0.05, 0.1) is 16.7 Å². The maximum Gasteiger partial charge on any atom is 0.534 e. The number of para-hydroxylation sites is 3. The average Bonchev–Trinajstić information content (AvgIpc) is 3.23. The number of thioether (sulfide) groups is 1. The molecule has 0 aliphatic carbocycles. The van der Waals surface area contributed by atoms with Crippen LogP contribution < -0.4 is 10.2 Å². The first kappa shape index (κ1) is 23.4. The summed E-state index contributed by atoms with van der Waals surface area (Å²) in [4.78, 5) is 2.42. The van der Waals surface area contributed by atoms with Gasteiger partial charge in [-0.05, 0) is 48.4 Å². The fraction of sp³-hybridized carbons (Fsp3) is 0.120. The molecule has 0 bridgehead atoms. The number of fused-ring (bicyclic) bond motifs is 2. The topological polar surface area (TPSA) is 58.6 Å². The van der Waals surface area contributed by atoms with Crippen molar-refractivity contribution in [2.24, 2.45) is 0 Å². The number of nitrogens with one attached hydrogen (secondary N) is 1. The van der Waals surface area contributed by atoms with Crippen LogP contribution in [0.4, 0.5) is 30.2 Å². The molecule has 0 radical (unpaired) electrons. The number of aryl methyl sites for hydroxylation is 1. The van der Waals surface area contributed by atoms with E-state index in [4.69, 9.17) is 4.18 Å². The molecule has 3 aromatic carbocycles. The van der Waals surface area contributed by atoms with E-state index in [0.717, 1.165) is 21.7 Å². The smallest absolute Gasteiger partial charge is 0.369 e. The average molecular weight is 517 g/mol. The molecule has 0 aromatic heterocycles. The number of alkyl halides is 3. The van der Waals surface area contributed by atoms with E-state index in [2.05, 4.69) is 5.32 Å². The Bertz CT molecular complexity index is 1450. The molecule has 0 fully saturated rings. The Labute approximate surface area is 205 Å². The van der Waals surface area contributed by atoms with E-state index in [9.17, 15) is 21.6 Å². The lowest BCUT2D eigenvalue weighted by Gasteiger charge is -2.32. The van der Waals surface area contributed by atoms with Gasteiger partial charge >= 0.3 is 15.6 Å². The van der Waals surface area contributed by atoms with Gasteiger partial charge in [0.1, 0.15) is 0 Å². The van der Waals surface area contributed by atoms with Crippen LogP contribution >= 0.6 is 11.8 Å². The van der Waals surface area contributed by atoms with Crippen LogP contribution in [0.25, 0.3) is 5.57 Å². The monoisotopic (exact) mass is 516 g/mol. The Morgan fingerprint density at radius 1 is 1.00 bits per heavy atom. The zero-order valence-electron chi connectivity index (χ0n) is 18.3. The molecule has 2 heterocycles. The van der Waals surface area contributed by atoms with Gasteiger partial charge in [0.25, 0.3) is 0 Å². The van der Waals surface area contributed by atoms with Crippen molar-refractivity contribution in [1.29, 1.82) is 0 Å². The predicted octanol–water partition coefficient (Wildman–Crippen LogP) is 6.78. The van der Waals surface area contributed by atoms with Crippen LogP contribution in [0.15, 0.2) is 95.7 Å². The summed E-state index contributed by atoms with van der Waals surface area (Å²) < 4.78 is 68.4. The summed E-state index contributed by atoms with van der Waals surface area (Å²) in [7, 11) is -5.90. The van der Waals surface area contributed by atoms with Crippen molar-refractivity contribution in [3.63, 3.8) is 0 Å². The van der Waals surface area contributed by atoms with Crippen LogP contribution in [0.1, 0.15) is 11.1 Å². The van der Waals surface area contributed by atoms with E-state index in [-0.39, 0.29) is 5.37 Å². The number of halogens is 3. The molecule has 1 atom stereocenters. The molecular formula is C25H19F3N2O3S2. The number of benzene rings is 3. The van der Waals surface area contributed by atoms with E-state index in [1.807, 2.05) is 43.3 Å². The maximum absolute atomic E-state index is 13.2. The van der Waals surface area contributed by atoms with Gasteiger partial charge in [-0.3, -0.25) is 4.90 Å². The molecular weight excluding hydrogens is 497 g/mol. The molecule has 10 heteroatoms. The summed E-state index contributed by atoms with van der Waals surface area (Å²) in [6, 6.07) is 21.5. The summed E-state index contributed by atoms with van der Waals surface area (Å²) >= 11 is 1.57. The fourth-order valence-corrected chi connectivity index (χ4v) is 5.58. The Hall–Kier alpha value is -3.37. The molecule has 180 valence electrons. The lowest BCUT2D eigenvalue weighted by molar-refractivity contribution is -0.0522. The summed E-state index contributed by atoms with van der Waals surface area (Å²) in [6.45, 7) is 1.99. The van der Waals surface area contributed by atoms with Crippen molar-refractivity contribution < 1.29 is 25.8 Å². The second-order valence-electron chi connectivity index (χ2n) is 7.91. The van der Waals surface area contributed by atoms with E-state index < -0.39 is 21.5 Å². The zero-order chi connectivity index (χ0) is 24.8. The van der Waals surface area contributed by atoms with Crippen LogP contribution in [-0.2, 0) is 14.3 Å². The Morgan fingerprint density at radius 3 is 2.43 bits per heavy atom. The maximum atomic E-state index is 13.2. The van der Waals surface area contributed by atoms with Crippen LogP contribution in [-0.4, -0.2) is 19.3 Å². The third-order valence-electron chi connectivity index (χ3n) is 5.55. The van der Waals surface area contributed by atoms with Gasteiger partial charge in [-0.25, -0.2) is 0 Å². The number of hydrogen-bond acceptors (Lipinski definition) is 6. The Balaban J connectivity index is 1.63. The minimum absolute atomic E-state index is 0.214. The minimum atomic E-state index is -5.90. The molecule has 0 saturated carbocycles. The molecule has 0 saturated heterocycles. The third-order valence-corrected chi connectivity index (χ3v) is 7.61. The number of allylic oxidation sites excluding steroid dienone is 2. The lowest BCUT2D eigenvalue weighted by atomic mass is 9.98. The number of hydrogen-bond donors (Lipinski definition) is 1. The molecule has 0 spiro atoms. The number of anilines is 3. The van der Waals surface area contributed by atoms with Crippen LogP contribution in [0.5, 0.6) is 0 Å². The Kier molecular flexibility index (Phi) is 5.80. The molecule has 1 unspecified atom stereocenters. The van der Waals surface area contributed by atoms with Gasteiger partial charge in [-0.15, -0.1) is 0 Å².